The Morgan fingerprint density at radius 3 is 2.27 bits per heavy atom. The molecule has 7 nitrogen and oxygen atoms in total. The summed E-state index contributed by atoms with van der Waals surface area (Å²) in [6, 6.07) is 0.163. The fourth-order valence-electron chi connectivity index (χ4n) is 3.10. The van der Waals surface area contributed by atoms with Crippen LogP contribution < -0.4 is 0 Å². The second kappa shape index (κ2) is 10.3. The molecule has 0 aliphatic carbocycles. The standard InChI is InChI=1S/C19H20F7N3O4/c1-2-3-4-5-6-7-8-33-17(30)28-14-12(27-16(28)18(22,23)15(20)21)9-11(19(24,25)26)10-13(14)29(31)32/h9-10,15H,2-8H2,1H3. The minimum Gasteiger partial charge on any atom is -0.449 e. The van der Waals surface area contributed by atoms with Gasteiger partial charge in [0, 0.05) is 6.07 Å². The zero-order valence-corrected chi connectivity index (χ0v) is 17.3. The van der Waals surface area contributed by atoms with Gasteiger partial charge >= 0.3 is 24.6 Å². The predicted octanol–water partition coefficient (Wildman–Crippen LogP) is 6.67. The summed E-state index contributed by atoms with van der Waals surface area (Å²) < 4.78 is 98.0. The average Bonchev–Trinajstić information content (AvgIpc) is 3.11. The number of alkyl halides is 7. The first-order valence-corrected chi connectivity index (χ1v) is 9.94. The Balaban J connectivity index is 2.53. The Labute approximate surface area is 182 Å². The molecule has 1 aromatic heterocycles. The molecular formula is C19H20F7N3O4. The Kier molecular flexibility index (Phi) is 8.25. The lowest BCUT2D eigenvalue weighted by atomic mass is 10.1. The van der Waals surface area contributed by atoms with Crippen LogP contribution in [0.4, 0.5) is 41.2 Å². The number of imidazole rings is 1. The second-order valence-corrected chi connectivity index (χ2v) is 7.19. The number of fused-ring (bicyclic) bond motifs is 1. The lowest BCUT2D eigenvalue weighted by Crippen LogP contribution is -2.31. The quantitative estimate of drug-likeness (QED) is 0.162. The number of unbranched alkanes of at least 4 members (excludes halogenated alkanes) is 5. The molecule has 0 aliphatic heterocycles. The second-order valence-electron chi connectivity index (χ2n) is 7.19. The highest BCUT2D eigenvalue weighted by Gasteiger charge is 2.50. The SMILES string of the molecule is CCCCCCCCOC(=O)n1c(C(F)(F)C(F)F)nc2cc(C(F)(F)F)cc([N+](=O)[O-])c21. The molecule has 1 heterocycles. The molecule has 0 amide bonds. The molecule has 0 fully saturated rings. The molecule has 0 saturated heterocycles. The van der Waals surface area contributed by atoms with Crippen molar-refractivity contribution in [1.82, 2.24) is 9.55 Å². The van der Waals surface area contributed by atoms with E-state index in [9.17, 15) is 45.6 Å². The van der Waals surface area contributed by atoms with E-state index in [1.54, 1.807) is 0 Å². The van der Waals surface area contributed by atoms with Crippen molar-refractivity contribution in [3.8, 4) is 0 Å². The maximum absolute atomic E-state index is 14.1. The van der Waals surface area contributed by atoms with Crippen molar-refractivity contribution in [3.05, 3.63) is 33.6 Å². The predicted molar refractivity (Wildman–Crippen MR) is 101 cm³/mol. The fourth-order valence-corrected chi connectivity index (χ4v) is 3.10. The Morgan fingerprint density at radius 2 is 1.73 bits per heavy atom. The van der Waals surface area contributed by atoms with E-state index < -0.39 is 57.6 Å². The van der Waals surface area contributed by atoms with Crippen molar-refractivity contribution in [2.24, 2.45) is 0 Å². The molecule has 0 bridgehead atoms. The summed E-state index contributed by atoms with van der Waals surface area (Å²) >= 11 is 0. The third kappa shape index (κ3) is 5.90. The van der Waals surface area contributed by atoms with E-state index in [2.05, 4.69) is 4.98 Å². The monoisotopic (exact) mass is 487 g/mol. The van der Waals surface area contributed by atoms with Gasteiger partial charge in [-0.1, -0.05) is 39.0 Å². The number of halogens is 7. The fraction of sp³-hybridized carbons (Fsp3) is 0.579. The third-order valence-electron chi connectivity index (χ3n) is 4.73. The van der Waals surface area contributed by atoms with Crippen molar-refractivity contribution >= 4 is 22.8 Å². The number of benzene rings is 1. The number of rotatable bonds is 10. The number of carbonyl (C=O) groups excluding carboxylic acids is 1. The van der Waals surface area contributed by atoms with E-state index >= 15 is 0 Å². The van der Waals surface area contributed by atoms with Crippen molar-refractivity contribution in [2.45, 2.75) is 64.0 Å². The van der Waals surface area contributed by atoms with Crippen LogP contribution in [0.1, 0.15) is 56.8 Å². The molecule has 33 heavy (non-hydrogen) atoms. The van der Waals surface area contributed by atoms with Gasteiger partial charge in [-0.15, -0.1) is 0 Å². The van der Waals surface area contributed by atoms with Crippen molar-refractivity contribution in [1.29, 1.82) is 0 Å². The Bertz CT molecular complexity index is 1010. The maximum atomic E-state index is 14.1. The van der Waals surface area contributed by atoms with Crippen LogP contribution in [0.5, 0.6) is 0 Å². The lowest BCUT2D eigenvalue weighted by molar-refractivity contribution is -0.383. The smallest absolute Gasteiger partial charge is 0.420 e. The van der Waals surface area contributed by atoms with Gasteiger partial charge in [0.05, 0.1) is 22.6 Å². The molecule has 0 aliphatic rings. The number of aromatic nitrogens is 2. The van der Waals surface area contributed by atoms with Crippen LogP contribution in [0, 0.1) is 10.1 Å². The zero-order valence-electron chi connectivity index (χ0n) is 17.3. The zero-order chi connectivity index (χ0) is 25.0. The van der Waals surface area contributed by atoms with Crippen molar-refractivity contribution < 1.29 is 45.2 Å². The van der Waals surface area contributed by atoms with Gasteiger partial charge in [-0.3, -0.25) is 10.1 Å². The van der Waals surface area contributed by atoms with Crippen LogP contribution in [0.25, 0.3) is 11.0 Å². The lowest BCUT2D eigenvalue weighted by Gasteiger charge is -2.16. The van der Waals surface area contributed by atoms with E-state index in [4.69, 9.17) is 4.74 Å². The molecule has 2 aromatic rings. The first-order chi connectivity index (χ1) is 15.3. The summed E-state index contributed by atoms with van der Waals surface area (Å²) in [6.45, 7) is 1.68. The highest BCUT2D eigenvalue weighted by molar-refractivity contribution is 5.94. The highest BCUT2D eigenvalue weighted by atomic mass is 19.4. The summed E-state index contributed by atoms with van der Waals surface area (Å²) in [5, 5.41) is 11.4. The number of hydrogen-bond acceptors (Lipinski definition) is 5. The summed E-state index contributed by atoms with van der Waals surface area (Å²) in [6.07, 6.45) is -6.66. The summed E-state index contributed by atoms with van der Waals surface area (Å²) in [5.74, 6) is -7.06. The molecule has 0 radical (unpaired) electrons. The van der Waals surface area contributed by atoms with Gasteiger partial charge in [-0.2, -0.15) is 22.0 Å². The van der Waals surface area contributed by atoms with Gasteiger partial charge < -0.3 is 4.74 Å². The van der Waals surface area contributed by atoms with Crippen molar-refractivity contribution in [2.75, 3.05) is 6.61 Å². The van der Waals surface area contributed by atoms with Gasteiger partial charge in [-0.25, -0.2) is 23.1 Å². The van der Waals surface area contributed by atoms with Crippen LogP contribution in [0.2, 0.25) is 0 Å². The van der Waals surface area contributed by atoms with Crippen molar-refractivity contribution in [3.63, 3.8) is 0 Å². The minimum atomic E-state index is -5.13. The number of nitrogens with zero attached hydrogens (tertiary/aromatic N) is 3. The van der Waals surface area contributed by atoms with E-state index in [1.165, 1.54) is 0 Å². The molecule has 0 unspecified atom stereocenters. The number of non-ortho nitro benzene ring substituents is 1. The van der Waals surface area contributed by atoms with Gasteiger partial charge in [0.25, 0.3) is 5.69 Å². The van der Waals surface area contributed by atoms with E-state index in [-0.39, 0.29) is 23.3 Å². The maximum Gasteiger partial charge on any atom is 0.420 e. The first-order valence-electron chi connectivity index (χ1n) is 9.94. The molecule has 0 atom stereocenters. The minimum absolute atomic E-state index is 0.00577. The van der Waals surface area contributed by atoms with Gasteiger partial charge in [0.2, 0.25) is 0 Å². The van der Waals surface area contributed by atoms with Crippen LogP contribution in [-0.4, -0.2) is 33.6 Å². The molecule has 1 aromatic carbocycles. The normalized spacial score (nSPS) is 12.5. The molecular weight excluding hydrogens is 467 g/mol. The number of hydrogen-bond donors (Lipinski definition) is 0. The van der Waals surface area contributed by atoms with E-state index in [1.807, 2.05) is 6.92 Å². The molecule has 184 valence electrons. The molecule has 0 saturated carbocycles. The van der Waals surface area contributed by atoms with Crippen LogP contribution >= 0.6 is 0 Å². The Morgan fingerprint density at radius 1 is 1.12 bits per heavy atom. The molecule has 2 rings (SSSR count). The number of ether oxygens (including phenoxy) is 1. The van der Waals surface area contributed by atoms with Gasteiger partial charge in [0.1, 0.15) is 0 Å². The molecule has 14 heteroatoms. The van der Waals surface area contributed by atoms with E-state index in [0.717, 1.165) is 25.7 Å². The summed E-state index contributed by atoms with van der Waals surface area (Å²) in [7, 11) is 0. The largest absolute Gasteiger partial charge is 0.449 e. The summed E-state index contributed by atoms with van der Waals surface area (Å²) in [4.78, 5) is 25.5. The van der Waals surface area contributed by atoms with E-state index in [0.29, 0.717) is 12.8 Å². The van der Waals surface area contributed by atoms with Crippen LogP contribution in [0.15, 0.2) is 12.1 Å². The van der Waals surface area contributed by atoms with Gasteiger partial charge in [0.15, 0.2) is 11.3 Å². The summed E-state index contributed by atoms with van der Waals surface area (Å²) in [5.41, 5.74) is -5.22. The topological polar surface area (TPSA) is 87.3 Å². The number of carbonyl (C=O) groups is 1. The van der Waals surface area contributed by atoms with Gasteiger partial charge in [-0.05, 0) is 12.5 Å². The van der Waals surface area contributed by atoms with Crippen LogP contribution in [0.3, 0.4) is 0 Å². The Hall–Kier alpha value is -2.93. The molecule has 0 spiro atoms. The highest BCUT2D eigenvalue weighted by Crippen LogP contribution is 2.41. The molecule has 0 N–H and O–H groups in total. The third-order valence-corrected chi connectivity index (χ3v) is 4.73. The first kappa shape index (κ1) is 26.3. The average molecular weight is 487 g/mol. The van der Waals surface area contributed by atoms with Crippen LogP contribution in [-0.2, 0) is 16.8 Å². The number of nitro groups is 1. The number of nitro benzene ring substituents is 1.